The van der Waals surface area contributed by atoms with Crippen LogP contribution < -0.4 is 10.5 Å². The van der Waals surface area contributed by atoms with Crippen LogP contribution in [0.1, 0.15) is 17.2 Å². The standard InChI is InChI=1S/C15H12BrClFNO2/c16-12-11-10(6-9(18)13(12)17)21-15(7-19,14(11)20)8-4-2-1-3-5-8/h1-6,14,20H,7,19H2/t14-,15+/m0/s1. The average Bonchev–Trinajstić information content (AvgIpc) is 2.79. The van der Waals surface area contributed by atoms with Crippen LogP contribution >= 0.6 is 27.5 Å². The molecular formula is C15H12BrClFNO2. The van der Waals surface area contributed by atoms with Gasteiger partial charge in [0.25, 0.3) is 0 Å². The van der Waals surface area contributed by atoms with Crippen LogP contribution in [0.25, 0.3) is 0 Å². The molecule has 0 saturated carbocycles. The van der Waals surface area contributed by atoms with Gasteiger partial charge in [0.1, 0.15) is 17.7 Å². The molecule has 0 unspecified atom stereocenters. The first kappa shape index (κ1) is 14.8. The second-order valence-corrected chi connectivity index (χ2v) is 6.03. The molecule has 3 N–H and O–H groups in total. The zero-order valence-electron chi connectivity index (χ0n) is 10.8. The van der Waals surface area contributed by atoms with Crippen LogP contribution in [0.4, 0.5) is 4.39 Å². The van der Waals surface area contributed by atoms with E-state index in [0.717, 1.165) is 5.56 Å². The fourth-order valence-corrected chi connectivity index (χ4v) is 3.38. The molecule has 2 atom stereocenters. The normalized spacial score (nSPS) is 23.8. The Kier molecular flexibility index (Phi) is 3.69. The van der Waals surface area contributed by atoms with Crippen molar-refractivity contribution in [2.45, 2.75) is 11.7 Å². The number of hydrogen-bond donors (Lipinski definition) is 2. The van der Waals surface area contributed by atoms with Crippen molar-refractivity contribution in [1.82, 2.24) is 0 Å². The maximum absolute atomic E-state index is 13.8. The fourth-order valence-electron chi connectivity index (χ4n) is 2.62. The summed E-state index contributed by atoms with van der Waals surface area (Å²) in [6.07, 6.45) is -1.05. The maximum Gasteiger partial charge on any atom is 0.176 e. The van der Waals surface area contributed by atoms with Crippen LogP contribution in [0.5, 0.6) is 5.75 Å². The van der Waals surface area contributed by atoms with E-state index in [1.165, 1.54) is 6.07 Å². The number of benzene rings is 2. The van der Waals surface area contributed by atoms with E-state index < -0.39 is 17.5 Å². The summed E-state index contributed by atoms with van der Waals surface area (Å²) in [5.74, 6) is -0.374. The number of rotatable bonds is 2. The average molecular weight is 373 g/mol. The molecular weight excluding hydrogens is 361 g/mol. The van der Waals surface area contributed by atoms with Gasteiger partial charge in [0, 0.05) is 22.6 Å². The first-order valence-corrected chi connectivity index (χ1v) is 7.48. The minimum Gasteiger partial charge on any atom is -0.478 e. The van der Waals surface area contributed by atoms with Crippen molar-refractivity contribution in [2.75, 3.05) is 6.54 Å². The molecule has 2 aromatic rings. The van der Waals surface area contributed by atoms with E-state index in [2.05, 4.69) is 15.9 Å². The molecule has 0 aliphatic carbocycles. The van der Waals surface area contributed by atoms with Gasteiger partial charge in [-0.1, -0.05) is 41.9 Å². The molecule has 3 nitrogen and oxygen atoms in total. The SMILES string of the molecule is NC[C@]1(c2ccccc2)Oc2cc(F)c(Cl)c(Br)c2[C@@H]1O. The van der Waals surface area contributed by atoms with Gasteiger partial charge in [0.2, 0.25) is 0 Å². The Morgan fingerprint density at radius 3 is 2.67 bits per heavy atom. The molecule has 0 saturated heterocycles. The van der Waals surface area contributed by atoms with Gasteiger partial charge in [-0.2, -0.15) is 0 Å². The molecule has 0 spiro atoms. The highest BCUT2D eigenvalue weighted by molar-refractivity contribution is 9.10. The monoisotopic (exact) mass is 371 g/mol. The number of fused-ring (bicyclic) bond motifs is 1. The lowest BCUT2D eigenvalue weighted by atomic mass is 9.86. The lowest BCUT2D eigenvalue weighted by Gasteiger charge is -2.31. The zero-order chi connectivity index (χ0) is 15.2. The highest BCUT2D eigenvalue weighted by Crippen LogP contribution is 2.53. The Hall–Kier alpha value is -1.14. The second kappa shape index (κ2) is 5.25. The summed E-state index contributed by atoms with van der Waals surface area (Å²) >= 11 is 9.11. The Morgan fingerprint density at radius 2 is 2.05 bits per heavy atom. The van der Waals surface area contributed by atoms with Crippen molar-refractivity contribution in [3.63, 3.8) is 0 Å². The van der Waals surface area contributed by atoms with E-state index in [-0.39, 0.29) is 21.8 Å². The summed E-state index contributed by atoms with van der Waals surface area (Å²) in [4.78, 5) is 0. The lowest BCUT2D eigenvalue weighted by molar-refractivity contribution is -0.0259. The molecule has 110 valence electrons. The third-order valence-corrected chi connectivity index (χ3v) is 5.16. The topological polar surface area (TPSA) is 55.5 Å². The quantitative estimate of drug-likeness (QED) is 0.793. The number of ether oxygens (including phenoxy) is 1. The first-order valence-electron chi connectivity index (χ1n) is 6.31. The highest BCUT2D eigenvalue weighted by Gasteiger charge is 2.50. The number of nitrogens with two attached hydrogens (primary N) is 1. The van der Waals surface area contributed by atoms with Crippen molar-refractivity contribution >= 4 is 27.5 Å². The Morgan fingerprint density at radius 1 is 1.38 bits per heavy atom. The zero-order valence-corrected chi connectivity index (χ0v) is 13.2. The van der Waals surface area contributed by atoms with Crippen molar-refractivity contribution in [1.29, 1.82) is 0 Å². The molecule has 1 aliphatic rings. The van der Waals surface area contributed by atoms with E-state index in [4.69, 9.17) is 22.1 Å². The third kappa shape index (κ3) is 2.07. The maximum atomic E-state index is 13.8. The predicted octanol–water partition coefficient (Wildman–Crippen LogP) is 3.52. The molecule has 3 rings (SSSR count). The van der Waals surface area contributed by atoms with Gasteiger partial charge in [0.15, 0.2) is 5.60 Å². The van der Waals surface area contributed by atoms with Gasteiger partial charge in [0.05, 0.1) is 5.02 Å². The molecule has 6 heteroatoms. The highest BCUT2D eigenvalue weighted by atomic mass is 79.9. The molecule has 0 aromatic heterocycles. The van der Waals surface area contributed by atoms with Gasteiger partial charge in [-0.15, -0.1) is 0 Å². The minimum absolute atomic E-state index is 0.0402. The molecule has 1 aliphatic heterocycles. The summed E-state index contributed by atoms with van der Waals surface area (Å²) in [6.45, 7) is 0.0402. The van der Waals surface area contributed by atoms with Crippen LogP contribution in [-0.2, 0) is 5.60 Å². The van der Waals surface area contributed by atoms with Gasteiger partial charge in [-0.05, 0) is 21.5 Å². The molecule has 0 fully saturated rings. The first-order chi connectivity index (χ1) is 10.0. The van der Waals surface area contributed by atoms with Gasteiger partial charge < -0.3 is 15.6 Å². The summed E-state index contributed by atoms with van der Waals surface area (Å²) in [5, 5.41) is 10.6. The third-order valence-electron chi connectivity index (χ3n) is 3.74. The van der Waals surface area contributed by atoms with Crippen molar-refractivity contribution in [2.24, 2.45) is 5.73 Å². The van der Waals surface area contributed by atoms with E-state index in [1.54, 1.807) is 0 Å². The lowest BCUT2D eigenvalue weighted by Crippen LogP contribution is -2.42. The predicted molar refractivity (Wildman–Crippen MR) is 81.9 cm³/mol. The van der Waals surface area contributed by atoms with Crippen molar-refractivity contribution in [3.8, 4) is 5.75 Å². The van der Waals surface area contributed by atoms with E-state index in [9.17, 15) is 9.50 Å². The van der Waals surface area contributed by atoms with E-state index in [1.807, 2.05) is 30.3 Å². The van der Waals surface area contributed by atoms with Gasteiger partial charge in [-0.3, -0.25) is 0 Å². The Bertz CT molecular complexity index is 698. The number of hydrogen-bond acceptors (Lipinski definition) is 3. The molecule has 21 heavy (non-hydrogen) atoms. The fraction of sp³-hybridized carbons (Fsp3) is 0.200. The summed E-state index contributed by atoms with van der Waals surface area (Å²) in [6, 6.07) is 10.3. The Balaban J connectivity index is 2.19. The number of aliphatic hydroxyl groups excluding tert-OH is 1. The summed E-state index contributed by atoms with van der Waals surface area (Å²) in [7, 11) is 0. The molecule has 1 heterocycles. The minimum atomic E-state index is -1.15. The van der Waals surface area contributed by atoms with Crippen LogP contribution in [0.3, 0.4) is 0 Å². The smallest absolute Gasteiger partial charge is 0.176 e. The second-order valence-electron chi connectivity index (χ2n) is 4.86. The molecule has 0 bridgehead atoms. The van der Waals surface area contributed by atoms with Crippen LogP contribution in [-0.4, -0.2) is 11.7 Å². The van der Waals surface area contributed by atoms with E-state index >= 15 is 0 Å². The van der Waals surface area contributed by atoms with Crippen LogP contribution in [0, 0.1) is 5.82 Å². The van der Waals surface area contributed by atoms with Gasteiger partial charge >= 0.3 is 0 Å². The summed E-state index contributed by atoms with van der Waals surface area (Å²) in [5.41, 5.74) is 5.85. The number of aliphatic hydroxyl groups is 1. The van der Waals surface area contributed by atoms with E-state index in [0.29, 0.717) is 5.56 Å². The molecule has 2 aromatic carbocycles. The Labute approximate surface area is 134 Å². The molecule has 0 amide bonds. The van der Waals surface area contributed by atoms with Crippen LogP contribution in [0.2, 0.25) is 5.02 Å². The molecule has 0 radical (unpaired) electrons. The largest absolute Gasteiger partial charge is 0.478 e. The number of halogens is 3. The van der Waals surface area contributed by atoms with Gasteiger partial charge in [-0.25, -0.2) is 4.39 Å². The van der Waals surface area contributed by atoms with Crippen molar-refractivity contribution in [3.05, 3.63) is 62.8 Å². The van der Waals surface area contributed by atoms with Crippen LogP contribution in [0.15, 0.2) is 40.9 Å². The van der Waals surface area contributed by atoms with Crippen molar-refractivity contribution < 1.29 is 14.2 Å². The summed E-state index contributed by atoms with van der Waals surface area (Å²) < 4.78 is 19.9.